The van der Waals surface area contributed by atoms with Crippen LogP contribution >= 0.6 is 11.8 Å². The molecule has 0 saturated carbocycles. The Morgan fingerprint density at radius 2 is 1.35 bits per heavy atom. The molecule has 0 radical (unpaired) electrons. The van der Waals surface area contributed by atoms with Gasteiger partial charge in [-0.1, -0.05) is 121 Å². The molecule has 5 aromatic carbocycles. The van der Waals surface area contributed by atoms with Gasteiger partial charge in [0, 0.05) is 27.1 Å². The van der Waals surface area contributed by atoms with Crippen LogP contribution in [0.4, 0.5) is 0 Å². The predicted molar refractivity (Wildman–Crippen MR) is 168 cm³/mol. The van der Waals surface area contributed by atoms with Crippen LogP contribution in [0.1, 0.15) is 22.3 Å². The molecule has 0 spiro atoms. The Labute approximate surface area is 238 Å². The molecule has 0 unspecified atom stereocenters. The third-order valence-electron chi connectivity index (χ3n) is 7.47. The summed E-state index contributed by atoms with van der Waals surface area (Å²) in [6.45, 7) is 5.07. The van der Waals surface area contributed by atoms with Crippen molar-refractivity contribution in [1.29, 1.82) is 0 Å². The first-order chi connectivity index (χ1) is 19.7. The van der Waals surface area contributed by atoms with Crippen LogP contribution in [0.25, 0.3) is 33.3 Å². The first kappa shape index (κ1) is 24.3. The second kappa shape index (κ2) is 10.1. The monoisotopic (exact) mass is 533 g/mol. The smallest absolute Gasteiger partial charge is 0.125 e. The summed E-state index contributed by atoms with van der Waals surface area (Å²) < 4.78 is 2.39. The van der Waals surface area contributed by atoms with Crippen molar-refractivity contribution in [2.45, 2.75) is 16.5 Å². The van der Waals surface area contributed by atoms with Crippen LogP contribution in [0.3, 0.4) is 0 Å². The summed E-state index contributed by atoms with van der Waals surface area (Å²) in [6, 6.07) is 44.5. The molecule has 2 N–H and O–H groups in total. The zero-order chi connectivity index (χ0) is 27.1. The number of aromatic nitrogens is 1. The van der Waals surface area contributed by atoms with Gasteiger partial charge >= 0.3 is 0 Å². The summed E-state index contributed by atoms with van der Waals surface area (Å²) in [5, 5.41) is 2.43. The van der Waals surface area contributed by atoms with Crippen molar-refractivity contribution >= 4 is 34.1 Å². The van der Waals surface area contributed by atoms with E-state index in [9.17, 15) is 0 Å². The summed E-state index contributed by atoms with van der Waals surface area (Å²) in [5.41, 5.74) is 16.4. The maximum Gasteiger partial charge on any atom is 0.125 e. The average molecular weight is 534 g/mol. The molecule has 1 aliphatic heterocycles. The minimum Gasteiger partial charge on any atom is -0.383 e. The number of rotatable bonds is 4. The zero-order valence-electron chi connectivity index (χ0n) is 21.9. The molecule has 0 bridgehead atoms. The lowest BCUT2D eigenvalue weighted by atomic mass is 9.91. The lowest BCUT2D eigenvalue weighted by Crippen LogP contribution is -2.13. The maximum atomic E-state index is 6.24. The number of nitrogens with zero attached hydrogens (tertiary/aromatic N) is 2. The fourth-order valence-electron chi connectivity index (χ4n) is 5.48. The highest BCUT2D eigenvalue weighted by Gasteiger charge is 2.26. The van der Waals surface area contributed by atoms with Gasteiger partial charge in [-0.3, -0.25) is 4.99 Å². The number of fused-ring (bicyclic) bond motifs is 6. The normalized spacial score (nSPS) is 12.8. The van der Waals surface area contributed by atoms with Gasteiger partial charge in [0.15, 0.2) is 0 Å². The van der Waals surface area contributed by atoms with Gasteiger partial charge in [0.2, 0.25) is 0 Å². The van der Waals surface area contributed by atoms with Crippen LogP contribution in [0.2, 0.25) is 0 Å². The average Bonchev–Trinajstić information content (AvgIpc) is 3.33. The van der Waals surface area contributed by atoms with Crippen molar-refractivity contribution in [3.8, 4) is 16.8 Å². The summed E-state index contributed by atoms with van der Waals surface area (Å²) in [4.78, 5) is 5.84. The molecule has 0 amide bonds. The Kier molecular flexibility index (Phi) is 6.10. The number of aliphatic imine (C=N–C) groups is 1. The molecule has 1 aliphatic rings. The van der Waals surface area contributed by atoms with E-state index >= 15 is 0 Å². The number of nitrogens with two attached hydrogens (primary N) is 1. The predicted octanol–water partition coefficient (Wildman–Crippen LogP) is 8.73. The van der Waals surface area contributed by atoms with Crippen molar-refractivity contribution in [1.82, 2.24) is 4.57 Å². The molecule has 0 saturated heterocycles. The van der Waals surface area contributed by atoms with Crippen molar-refractivity contribution < 1.29 is 0 Å². The Morgan fingerprint density at radius 1 is 0.700 bits per heavy atom. The first-order valence-electron chi connectivity index (χ1n) is 13.3. The maximum absolute atomic E-state index is 6.24. The fraction of sp³-hybridized carbons (Fsp3) is 0.0278. The fourth-order valence-corrected chi connectivity index (χ4v) is 6.75. The number of amidine groups is 1. The molecule has 4 heteroatoms. The number of para-hydroxylation sites is 1. The van der Waals surface area contributed by atoms with Crippen LogP contribution in [0.15, 0.2) is 149 Å². The highest BCUT2D eigenvalue weighted by atomic mass is 32.2. The summed E-state index contributed by atoms with van der Waals surface area (Å²) in [5.74, 6) is 0.554. The Balaban J connectivity index is 1.37. The second-order valence-corrected chi connectivity index (χ2v) is 10.9. The molecular formula is C36H27N3S. The van der Waals surface area contributed by atoms with Gasteiger partial charge in [0.1, 0.15) is 5.84 Å². The number of benzene rings is 5. The molecule has 1 aromatic heterocycles. The van der Waals surface area contributed by atoms with Crippen molar-refractivity contribution in [2.24, 2.45) is 10.7 Å². The van der Waals surface area contributed by atoms with E-state index in [1.165, 1.54) is 43.1 Å². The molecule has 7 rings (SSSR count). The standard InChI is InChI=1S/C36H27N3S/c1-24-28-13-5-6-15-30(28)34-31-16-7-9-17-32(31)39(36(34)40-33-18-10-8-14-29(24)33)27-21-19-25(20-22-27)23-38-35(37)26-11-3-2-4-12-26/h2-22H,1,23H2,(H2,37,38). The Hall–Kier alpha value is -4.80. The van der Waals surface area contributed by atoms with Gasteiger partial charge in [-0.25, -0.2) is 0 Å². The molecule has 0 atom stereocenters. The SMILES string of the molecule is C=C1c2ccccc2Sc2c(c3ccccc3n2-c2ccc(CN=C(N)c3ccccc3)cc2)-c2ccccc21. The molecular weight excluding hydrogens is 506 g/mol. The van der Waals surface area contributed by atoms with E-state index in [2.05, 4.69) is 113 Å². The van der Waals surface area contributed by atoms with Crippen LogP contribution in [-0.2, 0) is 6.54 Å². The largest absolute Gasteiger partial charge is 0.383 e. The van der Waals surface area contributed by atoms with E-state index in [4.69, 9.17) is 5.73 Å². The van der Waals surface area contributed by atoms with Crippen LogP contribution in [-0.4, -0.2) is 10.4 Å². The van der Waals surface area contributed by atoms with Gasteiger partial charge in [0.25, 0.3) is 0 Å². The quantitative estimate of drug-likeness (QED) is 0.182. The molecule has 40 heavy (non-hydrogen) atoms. The van der Waals surface area contributed by atoms with E-state index in [-0.39, 0.29) is 0 Å². The molecule has 2 heterocycles. The highest BCUT2D eigenvalue weighted by Crippen LogP contribution is 2.50. The molecule has 0 aliphatic carbocycles. The van der Waals surface area contributed by atoms with Crippen LogP contribution in [0, 0.1) is 0 Å². The van der Waals surface area contributed by atoms with Gasteiger partial charge in [-0.2, -0.15) is 0 Å². The topological polar surface area (TPSA) is 43.3 Å². The lowest BCUT2D eigenvalue weighted by molar-refractivity contribution is 0.985. The van der Waals surface area contributed by atoms with Crippen LogP contribution in [0.5, 0.6) is 0 Å². The van der Waals surface area contributed by atoms with Crippen molar-refractivity contribution in [3.05, 3.63) is 156 Å². The Morgan fingerprint density at radius 3 is 2.15 bits per heavy atom. The van der Waals surface area contributed by atoms with Gasteiger partial charge in [0.05, 0.1) is 17.1 Å². The number of hydrogen-bond acceptors (Lipinski definition) is 2. The highest BCUT2D eigenvalue weighted by molar-refractivity contribution is 7.99. The third kappa shape index (κ3) is 4.14. The summed E-state index contributed by atoms with van der Waals surface area (Å²) >= 11 is 1.81. The van der Waals surface area contributed by atoms with E-state index < -0.39 is 0 Å². The van der Waals surface area contributed by atoms with Gasteiger partial charge < -0.3 is 10.3 Å². The van der Waals surface area contributed by atoms with Gasteiger partial charge in [-0.05, 0) is 52.1 Å². The molecule has 192 valence electrons. The second-order valence-electron chi connectivity index (χ2n) is 9.89. The van der Waals surface area contributed by atoms with E-state index in [1.54, 1.807) is 0 Å². The van der Waals surface area contributed by atoms with E-state index in [0.717, 1.165) is 22.4 Å². The van der Waals surface area contributed by atoms with E-state index in [0.29, 0.717) is 12.4 Å². The number of hydrogen-bond donors (Lipinski definition) is 1. The lowest BCUT2D eigenvalue weighted by Gasteiger charge is -2.21. The Bertz CT molecular complexity index is 1910. The first-order valence-corrected chi connectivity index (χ1v) is 14.1. The minimum atomic E-state index is 0.531. The summed E-state index contributed by atoms with van der Waals surface area (Å²) in [6.07, 6.45) is 0. The van der Waals surface area contributed by atoms with E-state index in [1.807, 2.05) is 42.1 Å². The molecule has 6 aromatic rings. The zero-order valence-corrected chi connectivity index (χ0v) is 22.7. The third-order valence-corrected chi connectivity index (χ3v) is 8.62. The molecule has 0 fully saturated rings. The van der Waals surface area contributed by atoms with Crippen LogP contribution < -0.4 is 5.73 Å². The van der Waals surface area contributed by atoms with Crippen molar-refractivity contribution in [3.63, 3.8) is 0 Å². The van der Waals surface area contributed by atoms with Crippen molar-refractivity contribution in [2.75, 3.05) is 0 Å². The summed E-state index contributed by atoms with van der Waals surface area (Å²) in [7, 11) is 0. The minimum absolute atomic E-state index is 0.531. The van der Waals surface area contributed by atoms with Gasteiger partial charge in [-0.15, -0.1) is 0 Å². The molecule has 3 nitrogen and oxygen atoms in total.